The molecule has 0 aliphatic carbocycles. The first-order valence-corrected chi connectivity index (χ1v) is 8.87. The van der Waals surface area contributed by atoms with E-state index in [0.717, 1.165) is 48.1 Å². The fourth-order valence-corrected chi connectivity index (χ4v) is 2.74. The smallest absolute Gasteiger partial charge is 0.119 e. The second kappa shape index (κ2) is 8.49. The molecule has 6 heteroatoms. The molecule has 1 N–H and O–H groups in total. The summed E-state index contributed by atoms with van der Waals surface area (Å²) in [4.78, 5) is 2.32. The summed E-state index contributed by atoms with van der Waals surface area (Å²) in [5.74, 6) is 0.840. The number of anilines is 2. The van der Waals surface area contributed by atoms with Crippen LogP contribution in [0.1, 0.15) is 19.5 Å². The maximum Gasteiger partial charge on any atom is 0.119 e. The van der Waals surface area contributed by atoms with Crippen LogP contribution >= 0.6 is 0 Å². The number of hydrogen-bond donors (Lipinski definition) is 1. The third-order valence-electron chi connectivity index (χ3n) is 4.31. The molecule has 3 aromatic rings. The van der Waals surface area contributed by atoms with E-state index in [1.54, 1.807) is 7.11 Å². The van der Waals surface area contributed by atoms with Gasteiger partial charge in [0.2, 0.25) is 0 Å². The number of aromatic nitrogens is 3. The largest absolute Gasteiger partial charge is 0.497 e. The SMILES string of the molecule is CCN(CC)Cc1cn(-c2cccc(Nc3ccc(OC)cc3)c2)nn1. The van der Waals surface area contributed by atoms with Gasteiger partial charge in [-0.2, -0.15) is 0 Å². The summed E-state index contributed by atoms with van der Waals surface area (Å²) in [6, 6.07) is 16.0. The van der Waals surface area contributed by atoms with Crippen molar-refractivity contribution in [1.82, 2.24) is 19.9 Å². The average molecular weight is 351 g/mol. The Labute approximate surface area is 154 Å². The van der Waals surface area contributed by atoms with Gasteiger partial charge in [-0.15, -0.1) is 5.10 Å². The third kappa shape index (κ3) is 4.40. The molecule has 0 aliphatic rings. The van der Waals surface area contributed by atoms with Crippen LogP contribution in [-0.4, -0.2) is 40.1 Å². The Kier molecular flexibility index (Phi) is 5.86. The minimum Gasteiger partial charge on any atom is -0.497 e. The highest BCUT2D eigenvalue weighted by atomic mass is 16.5. The maximum atomic E-state index is 5.19. The third-order valence-corrected chi connectivity index (χ3v) is 4.31. The molecule has 0 saturated heterocycles. The molecular formula is C20H25N5O. The Hall–Kier alpha value is -2.86. The van der Waals surface area contributed by atoms with Gasteiger partial charge in [-0.25, -0.2) is 4.68 Å². The number of nitrogens with one attached hydrogen (secondary N) is 1. The van der Waals surface area contributed by atoms with Crippen molar-refractivity contribution >= 4 is 11.4 Å². The molecule has 136 valence electrons. The summed E-state index contributed by atoms with van der Waals surface area (Å²) in [6.07, 6.45) is 1.99. The van der Waals surface area contributed by atoms with Crippen molar-refractivity contribution in [2.24, 2.45) is 0 Å². The van der Waals surface area contributed by atoms with Crippen LogP contribution in [0.4, 0.5) is 11.4 Å². The Morgan fingerprint density at radius 1 is 1.04 bits per heavy atom. The zero-order valence-corrected chi connectivity index (χ0v) is 15.5. The Morgan fingerprint density at radius 2 is 1.81 bits per heavy atom. The van der Waals surface area contributed by atoms with Crippen molar-refractivity contribution in [2.75, 3.05) is 25.5 Å². The fraction of sp³-hybridized carbons (Fsp3) is 0.300. The molecule has 1 aromatic heterocycles. The van der Waals surface area contributed by atoms with Crippen LogP contribution < -0.4 is 10.1 Å². The lowest BCUT2D eigenvalue weighted by molar-refractivity contribution is 0.292. The molecule has 26 heavy (non-hydrogen) atoms. The first-order valence-electron chi connectivity index (χ1n) is 8.87. The van der Waals surface area contributed by atoms with Crippen LogP contribution in [0.3, 0.4) is 0 Å². The van der Waals surface area contributed by atoms with Crippen molar-refractivity contribution in [1.29, 1.82) is 0 Å². The maximum absolute atomic E-state index is 5.19. The summed E-state index contributed by atoms with van der Waals surface area (Å²) in [5, 5.41) is 12.0. The van der Waals surface area contributed by atoms with E-state index >= 15 is 0 Å². The minimum atomic E-state index is 0.816. The summed E-state index contributed by atoms with van der Waals surface area (Å²) >= 11 is 0. The van der Waals surface area contributed by atoms with Gasteiger partial charge in [0.1, 0.15) is 5.75 Å². The molecule has 0 atom stereocenters. The molecular weight excluding hydrogens is 326 g/mol. The number of methoxy groups -OCH3 is 1. The van der Waals surface area contributed by atoms with Gasteiger partial charge in [-0.3, -0.25) is 4.90 Å². The first-order chi connectivity index (χ1) is 12.7. The number of benzene rings is 2. The molecule has 3 rings (SSSR count). The van der Waals surface area contributed by atoms with E-state index in [9.17, 15) is 0 Å². The predicted octanol–water partition coefficient (Wildman–Crippen LogP) is 3.86. The standard InChI is InChI=1S/C20H25N5O/c1-4-24(5-2)14-18-15-25(23-22-18)19-8-6-7-17(13-19)21-16-9-11-20(26-3)12-10-16/h6-13,15,21H,4-5,14H2,1-3H3. The number of rotatable bonds is 8. The van der Waals surface area contributed by atoms with Gasteiger partial charge in [0.25, 0.3) is 0 Å². The van der Waals surface area contributed by atoms with E-state index in [1.165, 1.54) is 0 Å². The second-order valence-electron chi connectivity index (χ2n) is 6.02. The van der Waals surface area contributed by atoms with Gasteiger partial charge in [-0.05, 0) is 55.6 Å². The van der Waals surface area contributed by atoms with Gasteiger partial charge in [-0.1, -0.05) is 25.1 Å². The summed E-state index contributed by atoms with van der Waals surface area (Å²) < 4.78 is 7.01. The highest BCUT2D eigenvalue weighted by molar-refractivity contribution is 5.62. The Balaban J connectivity index is 1.73. The lowest BCUT2D eigenvalue weighted by atomic mass is 10.2. The van der Waals surface area contributed by atoms with Gasteiger partial charge in [0.05, 0.1) is 24.7 Å². The van der Waals surface area contributed by atoms with E-state index in [2.05, 4.69) is 40.4 Å². The van der Waals surface area contributed by atoms with Crippen LogP contribution in [0.25, 0.3) is 5.69 Å². The van der Waals surface area contributed by atoms with E-state index in [0.29, 0.717) is 0 Å². The molecule has 0 amide bonds. The summed E-state index contributed by atoms with van der Waals surface area (Å²) in [6.45, 7) is 7.14. The Bertz CT molecular complexity index is 824. The Morgan fingerprint density at radius 3 is 2.50 bits per heavy atom. The first kappa shape index (κ1) is 17.9. The van der Waals surface area contributed by atoms with Crippen LogP contribution in [0, 0.1) is 0 Å². The van der Waals surface area contributed by atoms with E-state index < -0.39 is 0 Å². The minimum absolute atomic E-state index is 0.816. The second-order valence-corrected chi connectivity index (χ2v) is 6.02. The van der Waals surface area contributed by atoms with Crippen molar-refractivity contribution in [3.05, 3.63) is 60.4 Å². The summed E-state index contributed by atoms with van der Waals surface area (Å²) in [5.41, 5.74) is 3.95. The van der Waals surface area contributed by atoms with Crippen LogP contribution in [0.15, 0.2) is 54.7 Å². The van der Waals surface area contributed by atoms with E-state index in [1.807, 2.05) is 53.3 Å². The van der Waals surface area contributed by atoms with Crippen LogP contribution in [0.2, 0.25) is 0 Å². The number of ether oxygens (including phenoxy) is 1. The quantitative estimate of drug-likeness (QED) is 0.668. The normalized spacial score (nSPS) is 10.9. The van der Waals surface area contributed by atoms with Gasteiger partial charge in [0, 0.05) is 17.9 Å². The zero-order valence-electron chi connectivity index (χ0n) is 15.5. The molecule has 2 aromatic carbocycles. The molecule has 0 radical (unpaired) electrons. The van der Waals surface area contributed by atoms with Gasteiger partial charge < -0.3 is 10.1 Å². The van der Waals surface area contributed by atoms with E-state index in [-0.39, 0.29) is 0 Å². The molecule has 1 heterocycles. The highest BCUT2D eigenvalue weighted by Crippen LogP contribution is 2.21. The molecule has 0 fully saturated rings. The van der Waals surface area contributed by atoms with Crippen LogP contribution in [0.5, 0.6) is 5.75 Å². The molecule has 0 unspecified atom stereocenters. The average Bonchev–Trinajstić information content (AvgIpc) is 3.15. The topological polar surface area (TPSA) is 55.2 Å². The zero-order chi connectivity index (χ0) is 18.4. The monoisotopic (exact) mass is 351 g/mol. The molecule has 0 saturated carbocycles. The van der Waals surface area contributed by atoms with E-state index in [4.69, 9.17) is 4.74 Å². The summed E-state index contributed by atoms with van der Waals surface area (Å²) in [7, 11) is 1.67. The molecule has 0 aliphatic heterocycles. The van der Waals surface area contributed by atoms with Crippen molar-refractivity contribution in [2.45, 2.75) is 20.4 Å². The van der Waals surface area contributed by atoms with Gasteiger partial charge >= 0.3 is 0 Å². The van der Waals surface area contributed by atoms with Gasteiger partial charge in [0.15, 0.2) is 0 Å². The van der Waals surface area contributed by atoms with Crippen molar-refractivity contribution in [3.8, 4) is 11.4 Å². The lowest BCUT2D eigenvalue weighted by Gasteiger charge is -2.15. The van der Waals surface area contributed by atoms with Crippen molar-refractivity contribution in [3.63, 3.8) is 0 Å². The van der Waals surface area contributed by atoms with Crippen molar-refractivity contribution < 1.29 is 4.74 Å². The molecule has 0 bridgehead atoms. The number of nitrogens with zero attached hydrogens (tertiary/aromatic N) is 4. The molecule has 0 spiro atoms. The fourth-order valence-electron chi connectivity index (χ4n) is 2.74. The number of hydrogen-bond acceptors (Lipinski definition) is 5. The highest BCUT2D eigenvalue weighted by Gasteiger charge is 2.07. The predicted molar refractivity (Wildman–Crippen MR) is 104 cm³/mol. The lowest BCUT2D eigenvalue weighted by Crippen LogP contribution is -2.22. The van der Waals surface area contributed by atoms with Crippen LogP contribution in [-0.2, 0) is 6.54 Å². The molecule has 6 nitrogen and oxygen atoms in total.